The summed E-state index contributed by atoms with van der Waals surface area (Å²) >= 11 is 6.23. The van der Waals surface area contributed by atoms with Crippen molar-refractivity contribution in [3.05, 3.63) is 82.4 Å². The van der Waals surface area contributed by atoms with Crippen LogP contribution in [-0.4, -0.2) is 101 Å². The molecule has 3 aliphatic heterocycles. The Morgan fingerprint density at radius 1 is 0.980 bits per heavy atom. The molecule has 0 saturated carbocycles. The highest BCUT2D eigenvalue weighted by Crippen LogP contribution is 2.52. The lowest BCUT2D eigenvalue weighted by Gasteiger charge is -2.42. The average molecular weight is 708 g/mol. The van der Waals surface area contributed by atoms with Gasteiger partial charge in [-0.2, -0.15) is 9.57 Å². The van der Waals surface area contributed by atoms with E-state index in [1.807, 2.05) is 0 Å². The number of sulfonamides is 1. The molecule has 0 aliphatic carbocycles. The lowest BCUT2D eigenvalue weighted by molar-refractivity contribution is -0.132. The van der Waals surface area contributed by atoms with Gasteiger partial charge in [0.25, 0.3) is 15.9 Å². The van der Waals surface area contributed by atoms with Crippen LogP contribution >= 0.6 is 11.6 Å². The first-order chi connectivity index (χ1) is 23.5. The van der Waals surface area contributed by atoms with Crippen LogP contribution in [0.2, 0.25) is 5.02 Å². The lowest BCUT2D eigenvalue weighted by atomic mass is 9.85. The van der Waals surface area contributed by atoms with Gasteiger partial charge in [0.05, 0.1) is 36.6 Å². The van der Waals surface area contributed by atoms with Gasteiger partial charge in [-0.05, 0) is 82.4 Å². The second-order valence-corrected chi connectivity index (χ2v) is 14.4. The Hall–Kier alpha value is -4.35. The topological polar surface area (TPSA) is 133 Å². The predicted octanol–water partition coefficient (Wildman–Crippen LogP) is 4.45. The van der Waals surface area contributed by atoms with Crippen molar-refractivity contribution in [3.63, 3.8) is 0 Å². The van der Waals surface area contributed by atoms with E-state index in [-0.39, 0.29) is 50.4 Å². The van der Waals surface area contributed by atoms with Crippen LogP contribution in [-0.2, 0) is 25.2 Å². The third kappa shape index (κ3) is 6.18. The first-order valence-corrected chi connectivity index (χ1v) is 18.0. The third-order valence-electron chi connectivity index (χ3n) is 9.44. The molecule has 3 aromatic rings. The van der Waals surface area contributed by atoms with Crippen LogP contribution in [0.4, 0.5) is 10.5 Å². The van der Waals surface area contributed by atoms with Crippen molar-refractivity contribution in [2.45, 2.75) is 36.3 Å². The van der Waals surface area contributed by atoms with Gasteiger partial charge in [0.15, 0.2) is 0 Å². The molecular formula is C35H38ClN5O7S. The molecule has 0 aromatic heterocycles. The largest absolute Gasteiger partial charge is 0.495 e. The fourth-order valence-corrected chi connectivity index (χ4v) is 8.78. The zero-order valence-corrected chi connectivity index (χ0v) is 29.2. The number of hydrogen-bond acceptors (Lipinski definition) is 10. The standard InChI is InChI=1S/C35H38ClN5O7S/c1-4-47-30-8-6-5-7-27(30)35(48-34(43)40-19-17-39(18-20-40)26-13-15-38(2)16-14-26)28-21-24(23-37)9-11-29(28)41(33(35)42)49(44,45)32-22-25(36)10-12-31(32)46-3/h5-12,21-22,26H,4,13-20H2,1-3H3. The molecule has 0 bridgehead atoms. The number of likely N-dealkylation sites (tertiary alicyclic amines) is 1. The molecule has 2 amide bonds. The number of carbonyl (C=O) groups excluding carboxylic acids is 2. The molecule has 1 atom stereocenters. The quantitative estimate of drug-likeness (QED) is 0.331. The van der Waals surface area contributed by atoms with Gasteiger partial charge in [-0.3, -0.25) is 9.69 Å². The van der Waals surface area contributed by atoms with E-state index in [4.69, 9.17) is 25.8 Å². The summed E-state index contributed by atoms with van der Waals surface area (Å²) in [5.41, 5.74) is -2.17. The molecule has 3 aliphatic rings. The highest BCUT2D eigenvalue weighted by atomic mass is 35.5. The van der Waals surface area contributed by atoms with Gasteiger partial charge in [-0.25, -0.2) is 13.2 Å². The van der Waals surface area contributed by atoms with Crippen LogP contribution < -0.4 is 13.8 Å². The van der Waals surface area contributed by atoms with Gasteiger partial charge in [0.1, 0.15) is 16.4 Å². The summed E-state index contributed by atoms with van der Waals surface area (Å²) in [4.78, 5) is 35.2. The van der Waals surface area contributed by atoms with E-state index in [1.54, 1.807) is 31.2 Å². The molecule has 1 unspecified atom stereocenters. The van der Waals surface area contributed by atoms with Crippen LogP contribution in [0.15, 0.2) is 65.6 Å². The van der Waals surface area contributed by atoms with E-state index in [2.05, 4.69) is 22.9 Å². The van der Waals surface area contributed by atoms with Gasteiger partial charge in [0, 0.05) is 42.8 Å². The maximum absolute atomic E-state index is 15.1. The van der Waals surface area contributed by atoms with Crippen molar-refractivity contribution in [3.8, 4) is 17.6 Å². The number of ether oxygens (including phenoxy) is 3. The number of hydrogen-bond donors (Lipinski definition) is 0. The summed E-state index contributed by atoms with van der Waals surface area (Å²) in [7, 11) is -1.32. The number of piperidine rings is 1. The molecule has 0 radical (unpaired) electrons. The fourth-order valence-electron chi connectivity index (χ4n) is 6.90. The summed E-state index contributed by atoms with van der Waals surface area (Å²) in [5.74, 6) is -0.907. The molecule has 6 rings (SSSR count). The molecule has 3 heterocycles. The highest BCUT2D eigenvalue weighted by Gasteiger charge is 2.61. The molecular weight excluding hydrogens is 670 g/mol. The van der Waals surface area contributed by atoms with Crippen molar-refractivity contribution in [2.24, 2.45) is 0 Å². The van der Waals surface area contributed by atoms with Crippen LogP contribution in [0.25, 0.3) is 0 Å². The van der Waals surface area contributed by atoms with Crippen LogP contribution in [0.3, 0.4) is 0 Å². The number of anilines is 1. The first-order valence-electron chi connectivity index (χ1n) is 16.2. The summed E-state index contributed by atoms with van der Waals surface area (Å²) in [6.45, 7) is 5.97. The van der Waals surface area contributed by atoms with E-state index in [0.717, 1.165) is 25.9 Å². The molecule has 258 valence electrons. The number of piperazine rings is 1. The molecule has 14 heteroatoms. The van der Waals surface area contributed by atoms with E-state index in [1.165, 1.54) is 48.4 Å². The predicted molar refractivity (Wildman–Crippen MR) is 182 cm³/mol. The minimum Gasteiger partial charge on any atom is -0.495 e. The van der Waals surface area contributed by atoms with Crippen LogP contribution in [0, 0.1) is 11.3 Å². The SMILES string of the molecule is CCOc1ccccc1C1(OC(=O)N2CCN(C3CCN(C)CC3)CC2)C(=O)N(S(=O)(=O)c2cc(Cl)ccc2OC)c2ccc(C#N)cc21. The Morgan fingerprint density at radius 3 is 2.37 bits per heavy atom. The fraction of sp³-hybridized carbons (Fsp3) is 0.400. The summed E-state index contributed by atoms with van der Waals surface area (Å²) < 4.78 is 47.3. The number of rotatable bonds is 8. The lowest BCUT2D eigenvalue weighted by Crippen LogP contribution is -2.55. The second-order valence-electron chi connectivity index (χ2n) is 12.2. The summed E-state index contributed by atoms with van der Waals surface area (Å²) in [6.07, 6.45) is 1.30. The smallest absolute Gasteiger partial charge is 0.411 e. The molecule has 2 fully saturated rings. The Bertz CT molecular complexity index is 1900. The number of nitrogens with zero attached hydrogens (tertiary/aromatic N) is 5. The van der Waals surface area contributed by atoms with Crippen molar-refractivity contribution < 1.29 is 32.2 Å². The number of methoxy groups -OCH3 is 1. The van der Waals surface area contributed by atoms with E-state index >= 15 is 4.79 Å². The van der Waals surface area contributed by atoms with Crippen molar-refractivity contribution in [1.82, 2.24) is 14.7 Å². The first kappa shape index (κ1) is 34.5. The number of amides is 2. The summed E-state index contributed by atoms with van der Waals surface area (Å²) in [6, 6.07) is 17.2. The zero-order chi connectivity index (χ0) is 34.9. The van der Waals surface area contributed by atoms with Crippen molar-refractivity contribution >= 4 is 39.3 Å². The number of benzene rings is 3. The normalized spacial score (nSPS) is 20.5. The number of halogens is 1. The summed E-state index contributed by atoms with van der Waals surface area (Å²) in [5, 5.41) is 10.0. The number of carbonyl (C=O) groups is 2. The molecule has 2 saturated heterocycles. The van der Waals surface area contributed by atoms with E-state index < -0.39 is 27.6 Å². The highest BCUT2D eigenvalue weighted by molar-refractivity contribution is 7.93. The van der Waals surface area contributed by atoms with E-state index in [9.17, 15) is 18.5 Å². The maximum Gasteiger partial charge on any atom is 0.411 e. The zero-order valence-electron chi connectivity index (χ0n) is 27.6. The molecule has 49 heavy (non-hydrogen) atoms. The number of para-hydroxylation sites is 1. The molecule has 0 spiro atoms. The van der Waals surface area contributed by atoms with Crippen LogP contribution in [0.1, 0.15) is 36.5 Å². The second kappa shape index (κ2) is 13.9. The van der Waals surface area contributed by atoms with Gasteiger partial charge in [-0.15, -0.1) is 0 Å². The van der Waals surface area contributed by atoms with Crippen molar-refractivity contribution in [2.75, 3.05) is 64.3 Å². The molecule has 0 N–H and O–H groups in total. The van der Waals surface area contributed by atoms with Gasteiger partial charge in [0.2, 0.25) is 5.60 Å². The van der Waals surface area contributed by atoms with Gasteiger partial charge < -0.3 is 24.0 Å². The number of nitriles is 1. The Morgan fingerprint density at radius 2 is 1.69 bits per heavy atom. The maximum atomic E-state index is 15.1. The Labute approximate surface area is 291 Å². The van der Waals surface area contributed by atoms with Crippen LogP contribution in [0.5, 0.6) is 11.5 Å². The van der Waals surface area contributed by atoms with Gasteiger partial charge in [-0.1, -0.05) is 29.8 Å². The molecule has 3 aromatic carbocycles. The van der Waals surface area contributed by atoms with E-state index in [0.29, 0.717) is 36.5 Å². The monoisotopic (exact) mass is 707 g/mol. The Balaban J connectivity index is 1.46. The minimum atomic E-state index is -4.74. The number of fused-ring (bicyclic) bond motifs is 1. The third-order valence-corrected chi connectivity index (χ3v) is 11.4. The minimum absolute atomic E-state index is 0.00610. The van der Waals surface area contributed by atoms with Gasteiger partial charge >= 0.3 is 6.09 Å². The Kier molecular flexibility index (Phi) is 9.77. The molecule has 12 nitrogen and oxygen atoms in total. The van der Waals surface area contributed by atoms with Crippen molar-refractivity contribution in [1.29, 1.82) is 5.26 Å². The average Bonchev–Trinajstić information content (AvgIpc) is 3.36.